The molecule has 1 aromatic rings. The van der Waals surface area contributed by atoms with Crippen molar-refractivity contribution in [3.05, 3.63) is 23.0 Å². The normalized spacial score (nSPS) is 17.4. The fourth-order valence-corrected chi connectivity index (χ4v) is 2.65. The van der Waals surface area contributed by atoms with Crippen molar-refractivity contribution in [2.75, 3.05) is 5.32 Å². The summed E-state index contributed by atoms with van der Waals surface area (Å²) in [5.74, 6) is 0. The van der Waals surface area contributed by atoms with Crippen molar-refractivity contribution in [1.29, 1.82) is 0 Å². The predicted molar refractivity (Wildman–Crippen MR) is 75.5 cm³/mol. The number of thiocarbonyl (C=S) groups is 1. The first kappa shape index (κ1) is 12.3. The molecule has 0 unspecified atom stereocenters. The highest BCUT2D eigenvalue weighted by Gasteiger charge is 2.32. The van der Waals surface area contributed by atoms with E-state index in [1.165, 1.54) is 19.3 Å². The van der Waals surface area contributed by atoms with Crippen LogP contribution in [0.5, 0.6) is 0 Å². The first-order valence-corrected chi connectivity index (χ1v) is 6.38. The van der Waals surface area contributed by atoms with Crippen molar-refractivity contribution in [1.82, 2.24) is 4.98 Å². The highest BCUT2D eigenvalue weighted by molar-refractivity contribution is 7.80. The minimum absolute atomic E-state index is 0.194. The van der Waals surface area contributed by atoms with Crippen molar-refractivity contribution in [2.24, 2.45) is 5.73 Å². The van der Waals surface area contributed by atoms with E-state index in [9.17, 15) is 0 Å². The second kappa shape index (κ2) is 4.26. The second-order valence-electron chi connectivity index (χ2n) is 5.18. The minimum atomic E-state index is 0.194. The van der Waals surface area contributed by atoms with Gasteiger partial charge in [0.2, 0.25) is 0 Å². The summed E-state index contributed by atoms with van der Waals surface area (Å²) in [5, 5.41) is 3.58. The highest BCUT2D eigenvalue weighted by atomic mass is 32.1. The lowest BCUT2D eigenvalue weighted by Gasteiger charge is -2.40. The number of anilines is 1. The molecule has 1 fully saturated rings. The molecule has 0 bridgehead atoms. The quantitative estimate of drug-likeness (QED) is 0.809. The zero-order valence-corrected chi connectivity index (χ0v) is 11.4. The summed E-state index contributed by atoms with van der Waals surface area (Å²) in [6.45, 7) is 6.19. The van der Waals surface area contributed by atoms with Gasteiger partial charge in [-0.2, -0.15) is 0 Å². The molecule has 2 rings (SSSR count). The molecule has 1 aliphatic rings. The molecule has 1 heterocycles. The Hall–Kier alpha value is -1.16. The van der Waals surface area contributed by atoms with E-state index in [0.29, 0.717) is 4.99 Å². The number of aryl methyl sites for hydroxylation is 2. The van der Waals surface area contributed by atoms with E-state index >= 15 is 0 Å². The Morgan fingerprint density at radius 1 is 1.47 bits per heavy atom. The molecule has 3 N–H and O–H groups in total. The highest BCUT2D eigenvalue weighted by Crippen LogP contribution is 2.36. The van der Waals surface area contributed by atoms with Gasteiger partial charge in [-0.05, 0) is 46.1 Å². The Bertz CT molecular complexity index is 464. The Balaban J connectivity index is 2.40. The first-order valence-electron chi connectivity index (χ1n) is 5.97. The number of aromatic nitrogens is 1. The molecule has 17 heavy (non-hydrogen) atoms. The van der Waals surface area contributed by atoms with E-state index < -0.39 is 0 Å². The third-order valence-electron chi connectivity index (χ3n) is 3.47. The summed E-state index contributed by atoms with van der Waals surface area (Å²) in [6.07, 6.45) is 3.68. The number of nitrogens with two attached hydrogens (primary N) is 1. The maximum atomic E-state index is 5.80. The van der Waals surface area contributed by atoms with Crippen molar-refractivity contribution >= 4 is 22.9 Å². The number of hydrogen-bond acceptors (Lipinski definition) is 3. The van der Waals surface area contributed by atoms with Crippen molar-refractivity contribution in [3.8, 4) is 0 Å². The van der Waals surface area contributed by atoms with Crippen LogP contribution in [0.4, 0.5) is 5.69 Å². The van der Waals surface area contributed by atoms with Crippen LogP contribution in [-0.4, -0.2) is 15.5 Å². The van der Waals surface area contributed by atoms with Crippen LogP contribution in [0.1, 0.15) is 43.1 Å². The molecular formula is C13H19N3S. The van der Waals surface area contributed by atoms with E-state index in [-0.39, 0.29) is 5.54 Å². The largest absolute Gasteiger partial charge is 0.389 e. The Morgan fingerprint density at radius 2 is 2.12 bits per heavy atom. The molecule has 1 aromatic heterocycles. The van der Waals surface area contributed by atoms with Gasteiger partial charge in [-0.15, -0.1) is 0 Å². The van der Waals surface area contributed by atoms with Crippen molar-refractivity contribution in [2.45, 2.75) is 45.6 Å². The van der Waals surface area contributed by atoms with Crippen LogP contribution in [0, 0.1) is 13.8 Å². The summed E-state index contributed by atoms with van der Waals surface area (Å²) in [7, 11) is 0. The Morgan fingerprint density at radius 3 is 2.59 bits per heavy atom. The maximum Gasteiger partial charge on any atom is 0.107 e. The topological polar surface area (TPSA) is 50.9 Å². The lowest BCUT2D eigenvalue weighted by Crippen LogP contribution is -2.42. The number of nitrogens with one attached hydrogen (secondary N) is 1. The van der Waals surface area contributed by atoms with Crippen molar-refractivity contribution in [3.63, 3.8) is 0 Å². The molecule has 0 atom stereocenters. The third kappa shape index (κ3) is 2.41. The van der Waals surface area contributed by atoms with Gasteiger partial charge >= 0.3 is 0 Å². The molecule has 92 valence electrons. The van der Waals surface area contributed by atoms with Crippen LogP contribution in [0.15, 0.2) is 6.07 Å². The monoisotopic (exact) mass is 249 g/mol. The summed E-state index contributed by atoms with van der Waals surface area (Å²) < 4.78 is 0. The smallest absolute Gasteiger partial charge is 0.107 e. The van der Waals surface area contributed by atoms with Crippen LogP contribution < -0.4 is 11.1 Å². The van der Waals surface area contributed by atoms with E-state index in [1.807, 2.05) is 19.9 Å². The van der Waals surface area contributed by atoms with Crippen LogP contribution in [0.2, 0.25) is 0 Å². The summed E-state index contributed by atoms with van der Waals surface area (Å²) >= 11 is 5.12. The van der Waals surface area contributed by atoms with Crippen LogP contribution in [0.25, 0.3) is 0 Å². The van der Waals surface area contributed by atoms with Gasteiger partial charge in [0.25, 0.3) is 0 Å². The number of rotatable bonds is 3. The van der Waals surface area contributed by atoms with E-state index in [0.717, 1.165) is 22.6 Å². The summed E-state index contributed by atoms with van der Waals surface area (Å²) in [4.78, 5) is 4.84. The zero-order valence-electron chi connectivity index (χ0n) is 10.6. The molecule has 0 radical (unpaired) electrons. The molecule has 0 aromatic carbocycles. The number of nitrogens with zero attached hydrogens (tertiary/aromatic N) is 1. The first-order chi connectivity index (χ1) is 7.91. The van der Waals surface area contributed by atoms with Crippen LogP contribution >= 0.6 is 12.2 Å². The van der Waals surface area contributed by atoms with Gasteiger partial charge in [0.1, 0.15) is 4.99 Å². The van der Waals surface area contributed by atoms with E-state index in [1.54, 1.807) is 0 Å². The Kier molecular flexibility index (Phi) is 3.08. The minimum Gasteiger partial charge on any atom is -0.389 e. The molecule has 1 aliphatic carbocycles. The van der Waals surface area contributed by atoms with E-state index in [4.69, 9.17) is 18.0 Å². The third-order valence-corrected chi connectivity index (χ3v) is 3.67. The van der Waals surface area contributed by atoms with Gasteiger partial charge in [0.05, 0.1) is 5.56 Å². The Labute approximate surface area is 108 Å². The lowest BCUT2D eigenvalue weighted by atomic mass is 9.78. The summed E-state index contributed by atoms with van der Waals surface area (Å²) in [6, 6.07) is 2.03. The summed E-state index contributed by atoms with van der Waals surface area (Å²) in [5.41, 5.74) is 9.81. The SMILES string of the molecule is Cc1cc(NC2(C)CCC2)c(C(N)=S)c(C)n1. The molecule has 3 nitrogen and oxygen atoms in total. The van der Waals surface area contributed by atoms with Crippen molar-refractivity contribution < 1.29 is 0 Å². The molecule has 0 amide bonds. The van der Waals surface area contributed by atoms with Gasteiger partial charge in [0, 0.05) is 22.6 Å². The van der Waals surface area contributed by atoms with Gasteiger partial charge < -0.3 is 11.1 Å². The second-order valence-corrected chi connectivity index (χ2v) is 5.61. The molecule has 1 saturated carbocycles. The van der Waals surface area contributed by atoms with Crippen LogP contribution in [0.3, 0.4) is 0 Å². The molecular weight excluding hydrogens is 230 g/mol. The average molecular weight is 249 g/mol. The molecule has 4 heteroatoms. The van der Waals surface area contributed by atoms with Gasteiger partial charge in [-0.1, -0.05) is 12.2 Å². The predicted octanol–water partition coefficient (Wildman–Crippen LogP) is 2.69. The molecule has 0 saturated heterocycles. The van der Waals surface area contributed by atoms with E-state index in [2.05, 4.69) is 17.2 Å². The zero-order chi connectivity index (χ0) is 12.6. The number of pyridine rings is 1. The fraction of sp³-hybridized carbons (Fsp3) is 0.538. The fourth-order valence-electron chi connectivity index (χ4n) is 2.40. The van der Waals surface area contributed by atoms with Gasteiger partial charge in [-0.25, -0.2) is 0 Å². The maximum absolute atomic E-state index is 5.80. The standard InChI is InChI=1S/C13H19N3S/c1-8-7-10(16-13(3)5-4-6-13)11(12(14)17)9(2)15-8/h7H,4-6H2,1-3H3,(H2,14,17)(H,15,16). The lowest BCUT2D eigenvalue weighted by molar-refractivity contribution is 0.306. The van der Waals surface area contributed by atoms with Crippen LogP contribution in [-0.2, 0) is 0 Å². The molecule has 0 aliphatic heterocycles. The molecule has 0 spiro atoms. The van der Waals surface area contributed by atoms with Gasteiger partial charge in [0.15, 0.2) is 0 Å². The number of hydrogen-bond donors (Lipinski definition) is 2. The average Bonchev–Trinajstić information content (AvgIpc) is 2.13. The van der Waals surface area contributed by atoms with Gasteiger partial charge in [-0.3, -0.25) is 4.98 Å².